The highest BCUT2D eigenvalue weighted by Crippen LogP contribution is 2.38. The Morgan fingerprint density at radius 3 is 2.68 bits per heavy atom. The first-order chi connectivity index (χ1) is 9.26. The van der Waals surface area contributed by atoms with Gasteiger partial charge in [-0.1, -0.05) is 31.5 Å². The molecule has 0 radical (unpaired) electrons. The van der Waals surface area contributed by atoms with E-state index in [1.807, 2.05) is 12.1 Å². The molecular formula is C17H16OS. The minimum Gasteiger partial charge on any atom is -0.289 e. The van der Waals surface area contributed by atoms with Crippen LogP contribution in [-0.4, -0.2) is 12.0 Å². The highest BCUT2D eigenvalue weighted by Gasteiger charge is 2.20. The summed E-state index contributed by atoms with van der Waals surface area (Å²) in [7, 11) is 0. The third kappa shape index (κ3) is 1.91. The molecule has 96 valence electrons. The number of thioether (sulfide) groups is 1. The summed E-state index contributed by atoms with van der Waals surface area (Å²) in [5, 5.41) is 2.35. The fourth-order valence-corrected chi connectivity index (χ4v) is 3.41. The summed E-state index contributed by atoms with van der Waals surface area (Å²) in [5.41, 5.74) is 3.27. The van der Waals surface area contributed by atoms with Crippen LogP contribution in [0.5, 0.6) is 0 Å². The molecule has 19 heavy (non-hydrogen) atoms. The molecule has 0 fully saturated rings. The molecule has 2 aromatic carbocycles. The lowest BCUT2D eigenvalue weighted by atomic mass is 9.86. The Hall–Kier alpha value is -1.54. The first kappa shape index (κ1) is 12.5. The predicted octanol–water partition coefficient (Wildman–Crippen LogP) is 4.94. The van der Waals surface area contributed by atoms with Gasteiger partial charge in [0.05, 0.1) is 0 Å². The topological polar surface area (TPSA) is 17.1 Å². The molecule has 0 saturated carbocycles. The van der Waals surface area contributed by atoms with Gasteiger partial charge in [0.25, 0.3) is 0 Å². The highest BCUT2D eigenvalue weighted by atomic mass is 32.2. The van der Waals surface area contributed by atoms with Crippen molar-refractivity contribution in [2.45, 2.75) is 24.7 Å². The lowest BCUT2D eigenvalue weighted by Gasteiger charge is -2.19. The Labute approximate surface area is 117 Å². The van der Waals surface area contributed by atoms with E-state index in [0.717, 1.165) is 23.8 Å². The monoisotopic (exact) mass is 268 g/mol. The van der Waals surface area contributed by atoms with Gasteiger partial charge < -0.3 is 0 Å². The van der Waals surface area contributed by atoms with Crippen molar-refractivity contribution >= 4 is 33.9 Å². The van der Waals surface area contributed by atoms with E-state index < -0.39 is 0 Å². The van der Waals surface area contributed by atoms with Crippen molar-refractivity contribution in [3.05, 3.63) is 47.5 Å². The summed E-state index contributed by atoms with van der Waals surface area (Å²) in [6.45, 7) is 2.15. The number of ketones is 1. The largest absolute Gasteiger partial charge is 0.289 e. The molecule has 1 aliphatic rings. The van der Waals surface area contributed by atoms with Crippen LogP contribution in [0.2, 0.25) is 0 Å². The third-order valence-electron chi connectivity index (χ3n) is 3.66. The second-order valence-corrected chi connectivity index (χ2v) is 5.68. The molecule has 3 rings (SSSR count). The molecule has 0 heterocycles. The van der Waals surface area contributed by atoms with E-state index in [4.69, 9.17) is 0 Å². The van der Waals surface area contributed by atoms with Crippen molar-refractivity contribution in [1.29, 1.82) is 0 Å². The molecule has 0 amide bonds. The number of carbonyl (C=O) groups is 1. The minimum atomic E-state index is 0.153. The number of rotatable bonds is 3. The molecule has 0 unspecified atom stereocenters. The number of benzene rings is 2. The van der Waals surface area contributed by atoms with Crippen LogP contribution in [0, 0.1) is 0 Å². The molecule has 0 atom stereocenters. The Kier molecular flexibility index (Phi) is 3.19. The molecule has 0 aromatic heterocycles. The van der Waals surface area contributed by atoms with Gasteiger partial charge >= 0.3 is 0 Å². The standard InChI is InChI=1S/C17H16OS/c1-3-5-11-10-15(18)13-8-9-16(19-2)14-7-4-6-12(11)17(13)14/h4,6-10H,3,5H2,1-2H3. The van der Waals surface area contributed by atoms with E-state index in [0.29, 0.717) is 0 Å². The van der Waals surface area contributed by atoms with Gasteiger partial charge in [-0.2, -0.15) is 0 Å². The zero-order valence-corrected chi connectivity index (χ0v) is 12.0. The smallest absolute Gasteiger partial charge is 0.186 e. The van der Waals surface area contributed by atoms with Gasteiger partial charge in [-0.05, 0) is 47.4 Å². The minimum absolute atomic E-state index is 0.153. The van der Waals surface area contributed by atoms with Crippen molar-refractivity contribution in [2.24, 2.45) is 0 Å². The van der Waals surface area contributed by atoms with Crippen molar-refractivity contribution in [1.82, 2.24) is 0 Å². The maximum atomic E-state index is 12.3. The summed E-state index contributed by atoms with van der Waals surface area (Å²) in [6.07, 6.45) is 5.93. The average molecular weight is 268 g/mol. The molecule has 0 saturated heterocycles. The maximum absolute atomic E-state index is 12.3. The average Bonchev–Trinajstić information content (AvgIpc) is 2.44. The van der Waals surface area contributed by atoms with Crippen LogP contribution < -0.4 is 0 Å². The van der Waals surface area contributed by atoms with Crippen LogP contribution >= 0.6 is 11.8 Å². The second kappa shape index (κ2) is 4.86. The van der Waals surface area contributed by atoms with Crippen LogP contribution in [0.15, 0.2) is 41.3 Å². The maximum Gasteiger partial charge on any atom is 0.186 e. The molecule has 0 bridgehead atoms. The Morgan fingerprint density at radius 2 is 1.95 bits per heavy atom. The molecule has 1 aliphatic carbocycles. The first-order valence-corrected chi connectivity index (χ1v) is 7.83. The SMILES string of the molecule is CCCC1=CC(=O)c2ccc(SC)c3cccc1c23. The van der Waals surface area contributed by atoms with E-state index >= 15 is 0 Å². The summed E-state index contributed by atoms with van der Waals surface area (Å²) in [6, 6.07) is 10.4. The van der Waals surface area contributed by atoms with Crippen molar-refractivity contribution in [3.63, 3.8) is 0 Å². The lowest BCUT2D eigenvalue weighted by Crippen LogP contribution is -2.06. The molecule has 0 spiro atoms. The fraction of sp³-hybridized carbons (Fsp3) is 0.235. The number of hydrogen-bond acceptors (Lipinski definition) is 2. The molecule has 2 heteroatoms. The highest BCUT2D eigenvalue weighted by molar-refractivity contribution is 7.98. The van der Waals surface area contributed by atoms with Crippen LogP contribution in [-0.2, 0) is 0 Å². The van der Waals surface area contributed by atoms with Crippen LogP contribution in [0.4, 0.5) is 0 Å². The number of hydrogen-bond donors (Lipinski definition) is 0. The predicted molar refractivity (Wildman–Crippen MR) is 82.9 cm³/mol. The summed E-state index contributed by atoms with van der Waals surface area (Å²) in [4.78, 5) is 13.5. The van der Waals surface area contributed by atoms with Crippen LogP contribution in [0.3, 0.4) is 0 Å². The van der Waals surface area contributed by atoms with Gasteiger partial charge in [0, 0.05) is 15.8 Å². The lowest BCUT2D eigenvalue weighted by molar-refractivity contribution is 0.104. The van der Waals surface area contributed by atoms with E-state index in [9.17, 15) is 4.79 Å². The number of carbonyl (C=O) groups excluding carboxylic acids is 1. The van der Waals surface area contributed by atoms with Crippen LogP contribution in [0.1, 0.15) is 35.7 Å². The van der Waals surface area contributed by atoms with Crippen molar-refractivity contribution in [3.8, 4) is 0 Å². The van der Waals surface area contributed by atoms with Gasteiger partial charge in [0.15, 0.2) is 5.78 Å². The Morgan fingerprint density at radius 1 is 1.11 bits per heavy atom. The van der Waals surface area contributed by atoms with E-state index in [1.54, 1.807) is 11.8 Å². The zero-order valence-electron chi connectivity index (χ0n) is 11.2. The van der Waals surface area contributed by atoms with Gasteiger partial charge in [0.2, 0.25) is 0 Å². The normalized spacial score (nSPS) is 13.8. The van der Waals surface area contributed by atoms with Gasteiger partial charge in [-0.15, -0.1) is 11.8 Å². The summed E-state index contributed by atoms with van der Waals surface area (Å²) < 4.78 is 0. The Balaban J connectivity index is 2.37. The van der Waals surface area contributed by atoms with Crippen molar-refractivity contribution in [2.75, 3.05) is 6.26 Å². The van der Waals surface area contributed by atoms with Gasteiger partial charge in [0.1, 0.15) is 0 Å². The van der Waals surface area contributed by atoms with E-state index in [-0.39, 0.29) is 5.78 Å². The van der Waals surface area contributed by atoms with Crippen molar-refractivity contribution < 1.29 is 4.79 Å². The van der Waals surface area contributed by atoms with Crippen LogP contribution in [0.25, 0.3) is 16.3 Å². The molecule has 2 aromatic rings. The molecule has 0 N–H and O–H groups in total. The second-order valence-electron chi connectivity index (χ2n) is 4.83. The quantitative estimate of drug-likeness (QED) is 0.733. The van der Waals surface area contributed by atoms with E-state index in [2.05, 4.69) is 37.4 Å². The van der Waals surface area contributed by atoms with E-state index in [1.165, 1.54) is 21.4 Å². The summed E-state index contributed by atoms with van der Waals surface area (Å²) >= 11 is 1.74. The first-order valence-electron chi connectivity index (χ1n) is 6.61. The Bertz CT molecular complexity index is 698. The molecule has 0 aliphatic heterocycles. The molecule has 1 nitrogen and oxygen atoms in total. The fourth-order valence-electron chi connectivity index (χ4n) is 2.82. The molecular weight excluding hydrogens is 252 g/mol. The van der Waals surface area contributed by atoms with Gasteiger partial charge in [-0.3, -0.25) is 4.79 Å². The zero-order chi connectivity index (χ0) is 13.4. The van der Waals surface area contributed by atoms with Gasteiger partial charge in [-0.25, -0.2) is 0 Å². The summed E-state index contributed by atoms with van der Waals surface area (Å²) in [5.74, 6) is 0.153. The number of allylic oxidation sites excluding steroid dienone is 2. The third-order valence-corrected chi connectivity index (χ3v) is 4.45.